The molecule has 0 amide bonds. The van der Waals surface area contributed by atoms with Gasteiger partial charge in [0.05, 0.1) is 25.6 Å². The normalized spacial score (nSPS) is 12.2. The minimum absolute atomic E-state index is 0.157. The van der Waals surface area contributed by atoms with Gasteiger partial charge in [-0.1, -0.05) is 13.8 Å². The zero-order valence-corrected chi connectivity index (χ0v) is 9.82. The summed E-state index contributed by atoms with van der Waals surface area (Å²) in [7, 11) is 0. The van der Waals surface area contributed by atoms with Gasteiger partial charge in [-0.15, -0.1) is 0 Å². The third-order valence-electron chi connectivity index (χ3n) is 2.36. The lowest BCUT2D eigenvalue weighted by Crippen LogP contribution is -2.39. The van der Waals surface area contributed by atoms with Crippen LogP contribution in [0.5, 0.6) is 0 Å². The molecule has 0 aromatic rings. The summed E-state index contributed by atoms with van der Waals surface area (Å²) in [5, 5.41) is 8.66. The Morgan fingerprint density at radius 3 is 2.53 bits per heavy atom. The average Bonchev–Trinajstić information content (AvgIpc) is 2.23. The third kappa shape index (κ3) is 5.38. The highest BCUT2D eigenvalue weighted by Gasteiger charge is 2.18. The fraction of sp³-hybridized carbons (Fsp3) is 0.818. The van der Waals surface area contributed by atoms with Crippen LogP contribution >= 0.6 is 0 Å². The van der Waals surface area contributed by atoms with Crippen LogP contribution in [0.4, 0.5) is 0 Å². The molecule has 0 spiro atoms. The number of nitriles is 1. The first-order valence-corrected chi connectivity index (χ1v) is 5.46. The molecule has 0 aliphatic heterocycles. The predicted octanol–water partition coefficient (Wildman–Crippen LogP) is 1.56. The first kappa shape index (κ1) is 13.9. The maximum absolute atomic E-state index is 11.3. The van der Waals surface area contributed by atoms with E-state index in [-0.39, 0.29) is 18.6 Å². The highest BCUT2D eigenvalue weighted by Crippen LogP contribution is 2.07. The second-order valence-corrected chi connectivity index (χ2v) is 3.29. The molecule has 4 heteroatoms. The van der Waals surface area contributed by atoms with E-state index in [0.717, 1.165) is 13.0 Å². The second kappa shape index (κ2) is 8.25. The van der Waals surface area contributed by atoms with Crippen LogP contribution < -0.4 is 0 Å². The van der Waals surface area contributed by atoms with Crippen molar-refractivity contribution in [3.05, 3.63) is 0 Å². The smallest absolute Gasteiger partial charge is 0.320 e. The summed E-state index contributed by atoms with van der Waals surface area (Å²) in [6.45, 7) is 7.25. The lowest BCUT2D eigenvalue weighted by Gasteiger charge is -2.26. The van der Waals surface area contributed by atoms with E-state index in [1.807, 2.05) is 18.7 Å². The molecule has 0 N–H and O–H groups in total. The number of likely N-dealkylation sites (N-methyl/N-ethyl adjacent to an activating group) is 1. The van der Waals surface area contributed by atoms with Gasteiger partial charge < -0.3 is 4.74 Å². The highest BCUT2D eigenvalue weighted by molar-refractivity contribution is 5.71. The van der Waals surface area contributed by atoms with Crippen LogP contribution in [0.1, 0.15) is 33.6 Å². The van der Waals surface area contributed by atoms with E-state index < -0.39 is 0 Å². The molecule has 4 nitrogen and oxygen atoms in total. The van der Waals surface area contributed by atoms with Crippen molar-refractivity contribution in [2.75, 3.05) is 19.7 Å². The predicted molar refractivity (Wildman–Crippen MR) is 58.2 cm³/mol. The largest absolute Gasteiger partial charge is 0.465 e. The number of carbonyl (C=O) groups is 1. The number of rotatable bonds is 7. The van der Waals surface area contributed by atoms with Crippen LogP contribution in [-0.4, -0.2) is 36.6 Å². The van der Waals surface area contributed by atoms with E-state index in [4.69, 9.17) is 10.00 Å². The molecule has 1 unspecified atom stereocenters. The van der Waals surface area contributed by atoms with Crippen LogP contribution in [-0.2, 0) is 9.53 Å². The lowest BCUT2D eigenvalue weighted by atomic mass is 10.1. The van der Waals surface area contributed by atoms with E-state index >= 15 is 0 Å². The quantitative estimate of drug-likeness (QED) is 0.601. The topological polar surface area (TPSA) is 53.3 Å². The summed E-state index contributed by atoms with van der Waals surface area (Å²) in [5.74, 6) is -0.212. The molecule has 0 aliphatic carbocycles. The summed E-state index contributed by atoms with van der Waals surface area (Å²) < 4.78 is 4.88. The summed E-state index contributed by atoms with van der Waals surface area (Å²) in [6, 6.07) is 2.30. The fourth-order valence-corrected chi connectivity index (χ4v) is 1.51. The van der Waals surface area contributed by atoms with Crippen LogP contribution in [0.3, 0.4) is 0 Å². The first-order chi connectivity index (χ1) is 7.19. The molecule has 0 saturated carbocycles. The van der Waals surface area contributed by atoms with Crippen LogP contribution in [0.25, 0.3) is 0 Å². The molecule has 0 aromatic heterocycles. The van der Waals surface area contributed by atoms with Gasteiger partial charge in [0.15, 0.2) is 0 Å². The maximum Gasteiger partial charge on any atom is 0.320 e. The highest BCUT2D eigenvalue weighted by atomic mass is 16.5. The Kier molecular flexibility index (Phi) is 7.65. The lowest BCUT2D eigenvalue weighted by molar-refractivity contribution is -0.145. The van der Waals surface area contributed by atoms with Gasteiger partial charge >= 0.3 is 5.97 Å². The van der Waals surface area contributed by atoms with Gasteiger partial charge in [0.1, 0.15) is 0 Å². The maximum atomic E-state index is 11.3. The minimum atomic E-state index is -0.212. The molecule has 0 heterocycles. The Hall–Kier alpha value is -1.08. The van der Waals surface area contributed by atoms with Gasteiger partial charge in [-0.2, -0.15) is 5.26 Å². The van der Waals surface area contributed by atoms with Crippen molar-refractivity contribution in [1.82, 2.24) is 4.90 Å². The zero-order valence-electron chi connectivity index (χ0n) is 9.82. The van der Waals surface area contributed by atoms with E-state index in [2.05, 4.69) is 6.07 Å². The Labute approximate surface area is 91.8 Å². The van der Waals surface area contributed by atoms with E-state index in [0.29, 0.717) is 13.0 Å². The van der Waals surface area contributed by atoms with Gasteiger partial charge in [-0.3, -0.25) is 9.69 Å². The standard InChI is InChI=1S/C11H20N2O2/c1-4-10(7-8-12)13(5-2)9-11(14)15-6-3/h10H,4-7,9H2,1-3H3. The Morgan fingerprint density at radius 2 is 2.13 bits per heavy atom. The van der Waals surface area contributed by atoms with E-state index in [1.54, 1.807) is 6.92 Å². The number of nitrogens with zero attached hydrogens (tertiary/aromatic N) is 2. The second-order valence-electron chi connectivity index (χ2n) is 3.29. The van der Waals surface area contributed by atoms with Gasteiger partial charge in [0.2, 0.25) is 0 Å². The molecule has 0 saturated heterocycles. The van der Waals surface area contributed by atoms with Gasteiger partial charge in [-0.05, 0) is 19.9 Å². The number of hydrogen-bond acceptors (Lipinski definition) is 4. The Balaban J connectivity index is 4.20. The molecule has 0 fully saturated rings. The summed E-state index contributed by atoms with van der Waals surface area (Å²) in [4.78, 5) is 13.3. The van der Waals surface area contributed by atoms with Crippen molar-refractivity contribution in [2.24, 2.45) is 0 Å². The van der Waals surface area contributed by atoms with E-state index in [9.17, 15) is 4.79 Å². The van der Waals surface area contributed by atoms with Crippen LogP contribution in [0, 0.1) is 11.3 Å². The van der Waals surface area contributed by atoms with Gasteiger partial charge in [0, 0.05) is 6.04 Å². The SMILES string of the molecule is CCOC(=O)CN(CC)C(CC)CC#N. The molecule has 0 rings (SSSR count). The average molecular weight is 212 g/mol. The van der Waals surface area contributed by atoms with Crippen molar-refractivity contribution in [2.45, 2.75) is 39.7 Å². The minimum Gasteiger partial charge on any atom is -0.465 e. The number of carbonyl (C=O) groups excluding carboxylic acids is 1. The van der Waals surface area contributed by atoms with Crippen molar-refractivity contribution >= 4 is 5.97 Å². The number of ether oxygens (including phenoxy) is 1. The number of hydrogen-bond donors (Lipinski definition) is 0. The monoisotopic (exact) mass is 212 g/mol. The van der Waals surface area contributed by atoms with Crippen molar-refractivity contribution in [1.29, 1.82) is 5.26 Å². The van der Waals surface area contributed by atoms with Crippen molar-refractivity contribution < 1.29 is 9.53 Å². The summed E-state index contributed by atoms with van der Waals surface area (Å²) in [5.41, 5.74) is 0. The van der Waals surface area contributed by atoms with Crippen molar-refractivity contribution in [3.63, 3.8) is 0 Å². The molecule has 86 valence electrons. The Bertz CT molecular complexity index is 223. The molecular weight excluding hydrogens is 192 g/mol. The first-order valence-electron chi connectivity index (χ1n) is 5.46. The molecule has 0 aliphatic rings. The molecule has 0 radical (unpaired) electrons. The summed E-state index contributed by atoms with van der Waals surface area (Å²) >= 11 is 0. The van der Waals surface area contributed by atoms with Crippen LogP contribution in [0.2, 0.25) is 0 Å². The van der Waals surface area contributed by atoms with Gasteiger partial charge in [-0.25, -0.2) is 0 Å². The zero-order chi connectivity index (χ0) is 11.7. The molecule has 0 bridgehead atoms. The molecule has 15 heavy (non-hydrogen) atoms. The number of esters is 1. The molecule has 1 atom stereocenters. The summed E-state index contributed by atoms with van der Waals surface area (Å²) in [6.07, 6.45) is 1.34. The fourth-order valence-electron chi connectivity index (χ4n) is 1.51. The van der Waals surface area contributed by atoms with E-state index in [1.165, 1.54) is 0 Å². The van der Waals surface area contributed by atoms with Crippen molar-refractivity contribution in [3.8, 4) is 6.07 Å². The van der Waals surface area contributed by atoms with Crippen LogP contribution in [0.15, 0.2) is 0 Å². The third-order valence-corrected chi connectivity index (χ3v) is 2.36. The van der Waals surface area contributed by atoms with Gasteiger partial charge in [0.25, 0.3) is 0 Å². The Morgan fingerprint density at radius 1 is 1.47 bits per heavy atom. The molecular formula is C11H20N2O2. The molecule has 0 aromatic carbocycles.